The van der Waals surface area contributed by atoms with E-state index in [-0.39, 0.29) is 6.01 Å². The van der Waals surface area contributed by atoms with Crippen molar-refractivity contribution in [3.8, 4) is 11.8 Å². The van der Waals surface area contributed by atoms with Crippen LogP contribution in [0.1, 0.15) is 19.4 Å². The van der Waals surface area contributed by atoms with Gasteiger partial charge in [-0.2, -0.15) is 4.98 Å². The lowest BCUT2D eigenvalue weighted by atomic mass is 10.2. The molecule has 0 aliphatic rings. The maximum absolute atomic E-state index is 11.6. The molecule has 3 rings (SSSR count). The lowest BCUT2D eigenvalue weighted by Crippen LogP contribution is -2.18. The van der Waals surface area contributed by atoms with Crippen LogP contribution in [-0.2, 0) is 4.79 Å². The molecule has 118 valence electrons. The first kappa shape index (κ1) is 15.6. The van der Waals surface area contributed by atoms with E-state index in [4.69, 9.17) is 4.74 Å². The molecule has 0 saturated carbocycles. The molecule has 1 aromatic heterocycles. The summed E-state index contributed by atoms with van der Waals surface area (Å²) in [5.41, 5.74) is 1.45. The normalized spacial score (nSPS) is 12.3. The molecule has 2 aromatic carbocycles. The topological polar surface area (TPSA) is 64.3 Å². The highest BCUT2D eigenvalue weighted by Gasteiger charge is 2.24. The number of imidazole rings is 1. The highest BCUT2D eigenvalue weighted by Crippen LogP contribution is 2.31. The van der Waals surface area contributed by atoms with E-state index in [0.717, 1.165) is 9.99 Å². The molecule has 0 fully saturated rings. The smallest absolute Gasteiger partial charge is 0.326 e. The van der Waals surface area contributed by atoms with Gasteiger partial charge in [0.15, 0.2) is 0 Å². The third-order valence-electron chi connectivity index (χ3n) is 3.57. The number of fused-ring (bicyclic) bond motifs is 1. The second kappa shape index (κ2) is 6.42. The number of halogens is 1. The van der Waals surface area contributed by atoms with Crippen LogP contribution in [0.5, 0.6) is 11.8 Å². The van der Waals surface area contributed by atoms with Crippen molar-refractivity contribution >= 4 is 32.9 Å². The monoisotopic (exact) mass is 374 g/mol. The van der Waals surface area contributed by atoms with Crippen LogP contribution in [0.25, 0.3) is 11.0 Å². The van der Waals surface area contributed by atoms with Crippen molar-refractivity contribution in [2.24, 2.45) is 0 Å². The van der Waals surface area contributed by atoms with E-state index in [1.165, 1.54) is 0 Å². The number of para-hydroxylation sites is 2. The minimum Gasteiger partial charge on any atom is -0.480 e. The van der Waals surface area contributed by atoms with E-state index in [9.17, 15) is 9.90 Å². The summed E-state index contributed by atoms with van der Waals surface area (Å²) in [4.78, 5) is 16.1. The Balaban J connectivity index is 2.11. The molecule has 1 N–H and O–H groups in total. The van der Waals surface area contributed by atoms with Gasteiger partial charge in [-0.1, -0.05) is 35.0 Å². The number of rotatable bonds is 5. The van der Waals surface area contributed by atoms with Crippen LogP contribution in [-0.4, -0.2) is 20.6 Å². The van der Waals surface area contributed by atoms with Crippen LogP contribution < -0.4 is 4.74 Å². The van der Waals surface area contributed by atoms with Crippen LogP contribution in [0.3, 0.4) is 0 Å². The Hall–Kier alpha value is -2.34. The van der Waals surface area contributed by atoms with Crippen LogP contribution >= 0.6 is 15.9 Å². The molecule has 0 aliphatic carbocycles. The van der Waals surface area contributed by atoms with Crippen molar-refractivity contribution in [3.63, 3.8) is 0 Å². The van der Waals surface area contributed by atoms with Gasteiger partial charge in [0.25, 0.3) is 0 Å². The number of carboxylic acids is 1. The van der Waals surface area contributed by atoms with E-state index in [2.05, 4.69) is 20.9 Å². The third-order valence-corrected chi connectivity index (χ3v) is 4.10. The minimum atomic E-state index is -0.906. The Morgan fingerprint density at radius 3 is 2.61 bits per heavy atom. The number of nitrogens with zero attached hydrogens (tertiary/aromatic N) is 2. The largest absolute Gasteiger partial charge is 0.480 e. The number of hydrogen-bond donors (Lipinski definition) is 1. The molecule has 0 aliphatic heterocycles. The van der Waals surface area contributed by atoms with Crippen LogP contribution in [0, 0.1) is 0 Å². The summed E-state index contributed by atoms with van der Waals surface area (Å²) < 4.78 is 8.43. The standard InChI is InChI=1S/C17H15BrN2O3/c1-2-14(16(21)22)20-15-6-4-3-5-13(15)19-17(20)23-12-9-7-11(18)8-10-12/h3-10,14H,2H2,1H3,(H,21,22). The Morgan fingerprint density at radius 2 is 1.96 bits per heavy atom. The molecule has 3 aromatic rings. The number of carboxylic acid groups (broad SMARTS) is 1. The van der Waals surface area contributed by atoms with Crippen LogP contribution in [0.15, 0.2) is 53.0 Å². The highest BCUT2D eigenvalue weighted by molar-refractivity contribution is 9.10. The van der Waals surface area contributed by atoms with E-state index < -0.39 is 12.0 Å². The zero-order valence-corrected chi connectivity index (χ0v) is 14.0. The minimum absolute atomic E-state index is 0.280. The van der Waals surface area contributed by atoms with Gasteiger partial charge in [-0.3, -0.25) is 4.57 Å². The van der Waals surface area contributed by atoms with Gasteiger partial charge >= 0.3 is 12.0 Å². The molecule has 6 heteroatoms. The lowest BCUT2D eigenvalue weighted by molar-refractivity contribution is -0.141. The van der Waals surface area contributed by atoms with Gasteiger partial charge in [-0.05, 0) is 42.8 Å². The maximum atomic E-state index is 11.6. The molecular weight excluding hydrogens is 360 g/mol. The average Bonchev–Trinajstić information content (AvgIpc) is 2.88. The van der Waals surface area contributed by atoms with E-state index in [1.54, 1.807) is 16.7 Å². The van der Waals surface area contributed by atoms with E-state index in [1.807, 2.05) is 43.3 Å². The highest BCUT2D eigenvalue weighted by atomic mass is 79.9. The number of aromatic nitrogens is 2. The Morgan fingerprint density at radius 1 is 1.26 bits per heavy atom. The SMILES string of the molecule is CCC(C(=O)O)n1c(Oc2ccc(Br)cc2)nc2ccccc21. The van der Waals surface area contributed by atoms with Gasteiger partial charge in [0.1, 0.15) is 11.8 Å². The average molecular weight is 375 g/mol. The zero-order chi connectivity index (χ0) is 16.4. The molecule has 1 atom stereocenters. The van der Waals surface area contributed by atoms with Gasteiger partial charge in [0.05, 0.1) is 11.0 Å². The van der Waals surface area contributed by atoms with Gasteiger partial charge in [0, 0.05) is 4.47 Å². The second-order valence-electron chi connectivity index (χ2n) is 5.07. The Bertz CT molecular complexity index is 843. The molecular formula is C17H15BrN2O3. The fourth-order valence-electron chi connectivity index (χ4n) is 2.47. The van der Waals surface area contributed by atoms with Crippen molar-refractivity contribution in [1.29, 1.82) is 0 Å². The molecule has 0 bridgehead atoms. The molecule has 5 nitrogen and oxygen atoms in total. The fourth-order valence-corrected chi connectivity index (χ4v) is 2.74. The molecule has 23 heavy (non-hydrogen) atoms. The summed E-state index contributed by atoms with van der Waals surface area (Å²) in [5, 5.41) is 9.52. The first-order valence-electron chi connectivity index (χ1n) is 7.23. The molecule has 0 spiro atoms. The summed E-state index contributed by atoms with van der Waals surface area (Å²) in [5.74, 6) is -0.304. The van der Waals surface area contributed by atoms with Gasteiger partial charge in [-0.25, -0.2) is 4.79 Å². The third kappa shape index (κ3) is 3.07. The number of hydrogen-bond acceptors (Lipinski definition) is 3. The number of ether oxygens (including phenoxy) is 1. The Kier molecular flexibility index (Phi) is 4.34. The quantitative estimate of drug-likeness (QED) is 0.707. The van der Waals surface area contributed by atoms with E-state index in [0.29, 0.717) is 17.7 Å². The molecule has 1 heterocycles. The summed E-state index contributed by atoms with van der Waals surface area (Å²) >= 11 is 3.37. The van der Waals surface area contributed by atoms with Gasteiger partial charge < -0.3 is 9.84 Å². The van der Waals surface area contributed by atoms with Crippen molar-refractivity contribution in [2.45, 2.75) is 19.4 Å². The maximum Gasteiger partial charge on any atom is 0.326 e. The number of aliphatic carboxylic acids is 1. The first-order chi connectivity index (χ1) is 11.1. The van der Waals surface area contributed by atoms with Crippen LogP contribution in [0.2, 0.25) is 0 Å². The summed E-state index contributed by atoms with van der Waals surface area (Å²) in [6, 6.07) is 14.3. The van der Waals surface area contributed by atoms with Crippen molar-refractivity contribution in [3.05, 3.63) is 53.0 Å². The fraction of sp³-hybridized carbons (Fsp3) is 0.176. The predicted octanol–water partition coefficient (Wildman–Crippen LogP) is 4.63. The van der Waals surface area contributed by atoms with Crippen molar-refractivity contribution < 1.29 is 14.6 Å². The van der Waals surface area contributed by atoms with Gasteiger partial charge in [-0.15, -0.1) is 0 Å². The van der Waals surface area contributed by atoms with Crippen molar-refractivity contribution in [1.82, 2.24) is 9.55 Å². The molecule has 0 radical (unpaired) electrons. The molecule has 0 saturated heterocycles. The Labute approximate surface area is 141 Å². The first-order valence-corrected chi connectivity index (χ1v) is 8.02. The predicted molar refractivity (Wildman–Crippen MR) is 90.9 cm³/mol. The number of carbonyl (C=O) groups is 1. The second-order valence-corrected chi connectivity index (χ2v) is 5.99. The summed E-state index contributed by atoms with van der Waals surface area (Å²) in [7, 11) is 0. The number of benzene rings is 2. The molecule has 0 amide bonds. The summed E-state index contributed by atoms with van der Waals surface area (Å²) in [6.07, 6.45) is 0.437. The lowest BCUT2D eigenvalue weighted by Gasteiger charge is -2.16. The zero-order valence-electron chi connectivity index (χ0n) is 12.4. The molecule has 1 unspecified atom stereocenters. The summed E-state index contributed by atoms with van der Waals surface area (Å²) in [6.45, 7) is 1.83. The van der Waals surface area contributed by atoms with Gasteiger partial charge in [0.2, 0.25) is 0 Å². The van der Waals surface area contributed by atoms with Crippen LogP contribution in [0.4, 0.5) is 0 Å². The van der Waals surface area contributed by atoms with E-state index >= 15 is 0 Å². The van der Waals surface area contributed by atoms with Crippen molar-refractivity contribution in [2.75, 3.05) is 0 Å².